The molecule has 2 heterocycles. The summed E-state index contributed by atoms with van der Waals surface area (Å²) in [6.45, 7) is 9.56. The van der Waals surface area contributed by atoms with Crippen LogP contribution < -0.4 is 9.47 Å². The number of ether oxygens (including phenoxy) is 3. The molecule has 8 heteroatoms. The van der Waals surface area contributed by atoms with Crippen LogP contribution in [0.1, 0.15) is 59.1 Å². The molecular formula is C28H35N3O5. The van der Waals surface area contributed by atoms with Crippen LogP contribution in [0.5, 0.6) is 17.2 Å². The van der Waals surface area contributed by atoms with Gasteiger partial charge >= 0.3 is 0 Å². The molecule has 0 saturated heterocycles. The van der Waals surface area contributed by atoms with Crippen molar-refractivity contribution in [1.29, 1.82) is 0 Å². The normalized spacial score (nSPS) is 15.0. The van der Waals surface area contributed by atoms with E-state index in [2.05, 4.69) is 24.0 Å². The van der Waals surface area contributed by atoms with E-state index in [1.54, 1.807) is 25.2 Å². The topological polar surface area (TPSA) is 96.9 Å². The van der Waals surface area contributed by atoms with Gasteiger partial charge < -0.3 is 24.2 Å². The number of fused-ring (bicyclic) bond motifs is 1. The van der Waals surface area contributed by atoms with Gasteiger partial charge in [-0.3, -0.25) is 9.89 Å². The first kappa shape index (κ1) is 25.6. The second-order valence-electron chi connectivity index (χ2n) is 9.67. The van der Waals surface area contributed by atoms with E-state index in [0.717, 1.165) is 28.7 Å². The Morgan fingerprint density at radius 3 is 2.56 bits per heavy atom. The van der Waals surface area contributed by atoms with Crippen molar-refractivity contribution < 1.29 is 24.1 Å². The van der Waals surface area contributed by atoms with E-state index in [0.29, 0.717) is 54.1 Å². The Kier molecular flexibility index (Phi) is 7.54. The minimum Gasteiger partial charge on any atom is -0.507 e. The molecule has 2 N–H and O–H groups in total. The lowest BCUT2D eigenvalue weighted by molar-refractivity contribution is 0.0677. The standard InChI is InChI=1S/C28H35N3O5/c1-16(2)9-11-36-21-8-7-19(15-22(21)35-6)27-24-25(23-18(4)13-17(3)14-20(23)32)29-30-26(24)28(33)31(27)10-12-34-5/h7-8,13-16,27,32H,9-12H2,1-6H3,(H,29,30). The number of phenolic OH excluding ortho intramolecular Hbond substituents is 1. The lowest BCUT2D eigenvalue weighted by atomic mass is 9.93. The van der Waals surface area contributed by atoms with Crippen molar-refractivity contribution in [2.45, 2.75) is 40.2 Å². The number of amides is 1. The number of nitrogens with zero attached hydrogens (tertiary/aromatic N) is 2. The number of aromatic nitrogens is 2. The van der Waals surface area contributed by atoms with Gasteiger partial charge in [0.1, 0.15) is 17.1 Å². The minimum absolute atomic E-state index is 0.134. The predicted octanol–water partition coefficient (Wildman–Crippen LogP) is 5.02. The van der Waals surface area contributed by atoms with Crippen LogP contribution in [0.25, 0.3) is 11.3 Å². The van der Waals surface area contributed by atoms with Crippen LogP contribution in [-0.4, -0.2) is 60.1 Å². The van der Waals surface area contributed by atoms with Crippen LogP contribution in [0.15, 0.2) is 30.3 Å². The highest BCUT2D eigenvalue weighted by Crippen LogP contribution is 2.46. The highest BCUT2D eigenvalue weighted by atomic mass is 16.5. The Morgan fingerprint density at radius 1 is 1.11 bits per heavy atom. The van der Waals surface area contributed by atoms with Gasteiger partial charge in [-0.05, 0) is 61.1 Å². The largest absolute Gasteiger partial charge is 0.507 e. The zero-order valence-electron chi connectivity index (χ0n) is 21.8. The van der Waals surface area contributed by atoms with E-state index in [9.17, 15) is 9.90 Å². The number of hydrogen-bond donors (Lipinski definition) is 2. The Balaban J connectivity index is 1.81. The van der Waals surface area contributed by atoms with Gasteiger partial charge in [0.25, 0.3) is 5.91 Å². The molecule has 3 aromatic rings. The summed E-state index contributed by atoms with van der Waals surface area (Å²) in [6, 6.07) is 9.03. The zero-order chi connectivity index (χ0) is 26.0. The number of aromatic hydroxyl groups is 1. The number of carbonyl (C=O) groups excluding carboxylic acids is 1. The van der Waals surface area contributed by atoms with Gasteiger partial charge in [0.05, 0.1) is 26.4 Å². The number of carbonyl (C=O) groups is 1. The van der Waals surface area contributed by atoms with Crippen molar-refractivity contribution in [2.75, 3.05) is 34.0 Å². The van der Waals surface area contributed by atoms with E-state index < -0.39 is 6.04 Å². The highest BCUT2D eigenvalue weighted by molar-refractivity contribution is 6.00. The summed E-state index contributed by atoms with van der Waals surface area (Å²) in [6.07, 6.45) is 0.938. The van der Waals surface area contributed by atoms with E-state index in [1.165, 1.54) is 0 Å². The third-order valence-electron chi connectivity index (χ3n) is 6.55. The summed E-state index contributed by atoms with van der Waals surface area (Å²) in [7, 11) is 3.22. The molecule has 36 heavy (non-hydrogen) atoms. The van der Waals surface area contributed by atoms with Crippen LogP contribution >= 0.6 is 0 Å². The van der Waals surface area contributed by atoms with Gasteiger partial charge in [0.2, 0.25) is 0 Å². The van der Waals surface area contributed by atoms with Crippen molar-refractivity contribution in [3.8, 4) is 28.5 Å². The molecule has 0 aliphatic carbocycles. The number of phenols is 1. The smallest absolute Gasteiger partial charge is 0.273 e. The quantitative estimate of drug-likeness (QED) is 0.411. The molecule has 4 rings (SSSR count). The van der Waals surface area contributed by atoms with Crippen LogP contribution in [0.2, 0.25) is 0 Å². The molecule has 1 amide bonds. The number of aromatic amines is 1. The SMILES string of the molecule is COCCN1C(=O)c2[nH]nc(-c3c(C)cc(C)cc3O)c2C1c1ccc(OCCC(C)C)c(OC)c1. The molecule has 1 unspecified atom stereocenters. The first-order chi connectivity index (χ1) is 17.3. The maximum Gasteiger partial charge on any atom is 0.273 e. The molecule has 0 spiro atoms. The lowest BCUT2D eigenvalue weighted by Gasteiger charge is -2.27. The number of nitrogens with one attached hydrogen (secondary N) is 1. The molecule has 1 aliphatic heterocycles. The van der Waals surface area contributed by atoms with Crippen molar-refractivity contribution in [1.82, 2.24) is 15.1 Å². The van der Waals surface area contributed by atoms with Crippen molar-refractivity contribution in [3.05, 3.63) is 58.3 Å². The molecule has 0 fully saturated rings. The molecule has 2 aromatic carbocycles. The van der Waals surface area contributed by atoms with Gasteiger partial charge in [0.15, 0.2) is 11.5 Å². The summed E-state index contributed by atoms with van der Waals surface area (Å²) in [5.74, 6) is 1.77. The fourth-order valence-electron chi connectivity index (χ4n) is 4.79. The Labute approximate surface area is 212 Å². The minimum atomic E-state index is -0.435. The maximum absolute atomic E-state index is 13.5. The molecule has 0 bridgehead atoms. The number of H-pyrrole nitrogens is 1. The zero-order valence-corrected chi connectivity index (χ0v) is 21.8. The Bertz CT molecular complexity index is 1230. The van der Waals surface area contributed by atoms with Gasteiger partial charge in [-0.2, -0.15) is 5.10 Å². The summed E-state index contributed by atoms with van der Waals surface area (Å²) < 4.78 is 16.9. The van der Waals surface area contributed by atoms with Crippen molar-refractivity contribution in [2.24, 2.45) is 5.92 Å². The predicted molar refractivity (Wildman–Crippen MR) is 138 cm³/mol. The third-order valence-corrected chi connectivity index (χ3v) is 6.55. The van der Waals surface area contributed by atoms with E-state index in [4.69, 9.17) is 14.2 Å². The van der Waals surface area contributed by atoms with Gasteiger partial charge in [0, 0.05) is 24.8 Å². The van der Waals surface area contributed by atoms with Gasteiger partial charge in [-0.25, -0.2) is 0 Å². The van der Waals surface area contributed by atoms with Crippen molar-refractivity contribution in [3.63, 3.8) is 0 Å². The first-order valence-electron chi connectivity index (χ1n) is 12.3. The molecular weight excluding hydrogens is 458 g/mol. The van der Waals surface area contributed by atoms with Crippen molar-refractivity contribution >= 4 is 5.91 Å². The molecule has 8 nitrogen and oxygen atoms in total. The molecule has 0 saturated carbocycles. The summed E-state index contributed by atoms with van der Waals surface area (Å²) in [5, 5.41) is 18.3. The molecule has 1 atom stereocenters. The second-order valence-corrected chi connectivity index (χ2v) is 9.67. The average Bonchev–Trinajstić information content (AvgIpc) is 3.36. The maximum atomic E-state index is 13.5. The van der Waals surface area contributed by atoms with Gasteiger partial charge in [-0.15, -0.1) is 0 Å². The number of hydrogen-bond acceptors (Lipinski definition) is 6. The van der Waals surface area contributed by atoms with Crippen LogP contribution in [0.3, 0.4) is 0 Å². The molecule has 0 radical (unpaired) electrons. The molecule has 1 aromatic heterocycles. The Hall–Kier alpha value is -3.52. The summed E-state index contributed by atoms with van der Waals surface area (Å²) in [5.41, 5.74) is 5.02. The summed E-state index contributed by atoms with van der Waals surface area (Å²) >= 11 is 0. The monoisotopic (exact) mass is 493 g/mol. The number of rotatable bonds is 10. The van der Waals surface area contributed by atoms with E-state index in [1.807, 2.05) is 38.1 Å². The summed E-state index contributed by atoms with van der Waals surface area (Å²) in [4.78, 5) is 15.2. The number of aryl methyl sites for hydroxylation is 2. The first-order valence-corrected chi connectivity index (χ1v) is 12.3. The fourth-order valence-corrected chi connectivity index (χ4v) is 4.79. The number of benzene rings is 2. The fraction of sp³-hybridized carbons (Fsp3) is 0.429. The van der Waals surface area contributed by atoms with E-state index >= 15 is 0 Å². The molecule has 192 valence electrons. The molecule has 1 aliphatic rings. The van der Waals surface area contributed by atoms with Gasteiger partial charge in [-0.1, -0.05) is 26.0 Å². The highest BCUT2D eigenvalue weighted by Gasteiger charge is 2.42. The van der Waals surface area contributed by atoms with E-state index in [-0.39, 0.29) is 11.7 Å². The average molecular weight is 494 g/mol. The number of methoxy groups -OCH3 is 2. The van der Waals surface area contributed by atoms with Crippen LogP contribution in [-0.2, 0) is 4.74 Å². The van der Waals surface area contributed by atoms with Crippen LogP contribution in [0.4, 0.5) is 0 Å². The van der Waals surface area contributed by atoms with Crippen LogP contribution in [0, 0.1) is 19.8 Å². The third kappa shape index (κ3) is 4.78. The lowest BCUT2D eigenvalue weighted by Crippen LogP contribution is -2.32. The Morgan fingerprint density at radius 2 is 1.89 bits per heavy atom. The second kappa shape index (κ2) is 10.6.